The molecule has 0 fully saturated rings. The number of carbonyl (C=O) groups excluding carboxylic acids is 1. The normalized spacial score (nSPS) is 11.0. The van der Waals surface area contributed by atoms with E-state index in [1.54, 1.807) is 15.9 Å². The molecule has 2 heterocycles. The molecule has 0 saturated heterocycles. The van der Waals surface area contributed by atoms with Gasteiger partial charge in [-0.1, -0.05) is 53.8 Å². The minimum atomic E-state index is -0.0970. The zero-order chi connectivity index (χ0) is 23.3. The molecule has 0 bridgehead atoms. The van der Waals surface area contributed by atoms with Crippen molar-refractivity contribution < 1.29 is 9.53 Å². The lowest BCUT2D eigenvalue weighted by atomic mass is 10.1. The van der Waals surface area contributed by atoms with Crippen LogP contribution >= 0.6 is 11.3 Å². The van der Waals surface area contributed by atoms with E-state index in [1.807, 2.05) is 79.7 Å². The molecule has 34 heavy (non-hydrogen) atoms. The van der Waals surface area contributed by atoms with E-state index in [2.05, 4.69) is 10.1 Å². The van der Waals surface area contributed by atoms with Gasteiger partial charge < -0.3 is 4.74 Å². The van der Waals surface area contributed by atoms with Crippen LogP contribution in [0.25, 0.3) is 10.2 Å². The SMILES string of the molecule is CCOc1ccc2nc(N(Cc3ccccc3)C(=O)c3ccc(Cn4cncn4)cc3)sc2c1. The van der Waals surface area contributed by atoms with Crippen LogP contribution in [-0.2, 0) is 13.1 Å². The fourth-order valence-corrected chi connectivity index (χ4v) is 4.66. The molecule has 0 radical (unpaired) electrons. The average Bonchev–Trinajstić information content (AvgIpc) is 3.53. The molecule has 0 saturated carbocycles. The largest absolute Gasteiger partial charge is 0.494 e. The predicted octanol–water partition coefficient (Wildman–Crippen LogP) is 5.18. The van der Waals surface area contributed by atoms with Crippen molar-refractivity contribution in [3.8, 4) is 5.75 Å². The second-order valence-corrected chi connectivity index (χ2v) is 8.73. The second kappa shape index (κ2) is 9.84. The molecule has 1 amide bonds. The highest BCUT2D eigenvalue weighted by Gasteiger charge is 2.22. The van der Waals surface area contributed by atoms with Crippen molar-refractivity contribution in [2.45, 2.75) is 20.0 Å². The van der Waals surface area contributed by atoms with Crippen molar-refractivity contribution in [2.75, 3.05) is 11.5 Å². The molecule has 2 aromatic heterocycles. The summed E-state index contributed by atoms with van der Waals surface area (Å²) in [6.45, 7) is 3.59. The first-order valence-electron chi connectivity index (χ1n) is 11.0. The first-order valence-corrected chi connectivity index (χ1v) is 11.8. The van der Waals surface area contributed by atoms with Gasteiger partial charge in [0.15, 0.2) is 5.13 Å². The third-order valence-corrected chi connectivity index (χ3v) is 6.37. The van der Waals surface area contributed by atoms with E-state index in [0.29, 0.717) is 30.4 Å². The zero-order valence-electron chi connectivity index (χ0n) is 18.7. The van der Waals surface area contributed by atoms with Crippen molar-refractivity contribution in [2.24, 2.45) is 0 Å². The standard InChI is InChI=1S/C26H23N5O2S/c1-2-33-22-12-13-23-24(14-22)34-26(29-23)31(16-19-6-4-3-5-7-19)25(32)21-10-8-20(9-11-21)15-30-18-27-17-28-30/h3-14,17-18H,2,15-16H2,1H3. The van der Waals surface area contributed by atoms with E-state index < -0.39 is 0 Å². The Bertz CT molecular complexity index is 1380. The van der Waals surface area contributed by atoms with Crippen LogP contribution in [0.1, 0.15) is 28.4 Å². The average molecular weight is 470 g/mol. The summed E-state index contributed by atoms with van der Waals surface area (Å²) in [5, 5.41) is 4.79. The van der Waals surface area contributed by atoms with E-state index in [4.69, 9.17) is 9.72 Å². The molecule has 7 nitrogen and oxygen atoms in total. The van der Waals surface area contributed by atoms with Gasteiger partial charge in [-0.15, -0.1) is 0 Å². The Morgan fingerprint density at radius 1 is 1.03 bits per heavy atom. The van der Waals surface area contributed by atoms with Crippen molar-refractivity contribution in [3.63, 3.8) is 0 Å². The fourth-order valence-electron chi connectivity index (χ4n) is 3.67. The van der Waals surface area contributed by atoms with Gasteiger partial charge in [-0.3, -0.25) is 9.69 Å². The lowest BCUT2D eigenvalue weighted by molar-refractivity contribution is 0.0985. The van der Waals surface area contributed by atoms with Crippen molar-refractivity contribution >= 4 is 32.6 Å². The number of ether oxygens (including phenoxy) is 1. The van der Waals surface area contributed by atoms with Gasteiger partial charge in [-0.25, -0.2) is 14.6 Å². The molecule has 8 heteroatoms. The molecular formula is C26H23N5O2S. The third-order valence-electron chi connectivity index (χ3n) is 5.33. The number of rotatable bonds is 8. The molecule has 0 atom stereocenters. The number of benzene rings is 3. The number of aromatic nitrogens is 4. The third kappa shape index (κ3) is 4.82. The number of carbonyl (C=O) groups is 1. The monoisotopic (exact) mass is 469 g/mol. The topological polar surface area (TPSA) is 73.1 Å². The quantitative estimate of drug-likeness (QED) is 0.313. The number of anilines is 1. The van der Waals surface area contributed by atoms with Crippen molar-refractivity contribution in [1.82, 2.24) is 19.7 Å². The van der Waals surface area contributed by atoms with Gasteiger partial charge in [0.2, 0.25) is 0 Å². The van der Waals surface area contributed by atoms with Crippen LogP contribution in [0.15, 0.2) is 85.5 Å². The second-order valence-electron chi connectivity index (χ2n) is 7.73. The Kier molecular flexibility index (Phi) is 6.31. The predicted molar refractivity (Wildman–Crippen MR) is 133 cm³/mol. The van der Waals surface area contributed by atoms with Crippen LogP contribution in [0.5, 0.6) is 5.75 Å². The molecule has 5 aromatic rings. The summed E-state index contributed by atoms with van der Waals surface area (Å²) >= 11 is 1.49. The van der Waals surface area contributed by atoms with E-state index in [9.17, 15) is 4.79 Å². The molecule has 0 N–H and O–H groups in total. The molecule has 5 rings (SSSR count). The number of nitrogens with zero attached hydrogens (tertiary/aromatic N) is 5. The molecule has 0 aliphatic heterocycles. The van der Waals surface area contributed by atoms with Gasteiger partial charge in [0.1, 0.15) is 18.4 Å². The smallest absolute Gasteiger partial charge is 0.260 e. The summed E-state index contributed by atoms with van der Waals surface area (Å²) in [6, 6.07) is 23.4. The molecule has 0 aliphatic rings. The molecular weight excluding hydrogens is 446 g/mol. The summed E-state index contributed by atoms with van der Waals surface area (Å²) in [7, 11) is 0. The molecule has 0 aliphatic carbocycles. The Labute approximate surface area is 201 Å². The van der Waals surface area contributed by atoms with Crippen LogP contribution in [-0.4, -0.2) is 32.3 Å². The highest BCUT2D eigenvalue weighted by atomic mass is 32.1. The Morgan fingerprint density at radius 2 is 1.85 bits per heavy atom. The van der Waals surface area contributed by atoms with Crippen LogP contribution in [0, 0.1) is 0 Å². The number of thiazole rings is 1. The van der Waals surface area contributed by atoms with Crippen molar-refractivity contribution in [1.29, 1.82) is 0 Å². The van der Waals surface area contributed by atoms with Gasteiger partial charge in [-0.2, -0.15) is 5.10 Å². The first kappa shape index (κ1) is 21.8. The van der Waals surface area contributed by atoms with E-state index in [1.165, 1.54) is 17.7 Å². The molecule has 170 valence electrons. The maximum atomic E-state index is 13.7. The van der Waals surface area contributed by atoms with E-state index in [-0.39, 0.29) is 5.91 Å². The Hall–Kier alpha value is -4.04. The number of fused-ring (bicyclic) bond motifs is 1. The Morgan fingerprint density at radius 3 is 2.59 bits per heavy atom. The lowest BCUT2D eigenvalue weighted by Gasteiger charge is -2.20. The minimum Gasteiger partial charge on any atom is -0.494 e. The summed E-state index contributed by atoms with van der Waals surface area (Å²) in [5.41, 5.74) is 3.53. The first-order chi connectivity index (χ1) is 16.7. The zero-order valence-corrected chi connectivity index (χ0v) is 19.5. The highest BCUT2D eigenvalue weighted by Crippen LogP contribution is 2.33. The van der Waals surface area contributed by atoms with E-state index in [0.717, 1.165) is 27.1 Å². The van der Waals surface area contributed by atoms with Crippen LogP contribution in [0.3, 0.4) is 0 Å². The number of hydrogen-bond acceptors (Lipinski definition) is 6. The Balaban J connectivity index is 1.46. The van der Waals surface area contributed by atoms with Crippen LogP contribution in [0.4, 0.5) is 5.13 Å². The molecule has 0 unspecified atom stereocenters. The summed E-state index contributed by atoms with van der Waals surface area (Å²) in [6.07, 6.45) is 3.18. The number of amides is 1. The summed E-state index contributed by atoms with van der Waals surface area (Å²) in [4.78, 5) is 24.2. The van der Waals surface area contributed by atoms with Crippen LogP contribution in [0.2, 0.25) is 0 Å². The highest BCUT2D eigenvalue weighted by molar-refractivity contribution is 7.22. The summed E-state index contributed by atoms with van der Waals surface area (Å²) < 4.78 is 8.36. The number of hydrogen-bond donors (Lipinski definition) is 0. The van der Waals surface area contributed by atoms with Gasteiger partial charge >= 0.3 is 0 Å². The van der Waals surface area contributed by atoms with Gasteiger partial charge in [0.25, 0.3) is 5.91 Å². The van der Waals surface area contributed by atoms with Gasteiger partial charge in [-0.05, 0) is 48.4 Å². The molecule has 3 aromatic carbocycles. The molecule has 0 spiro atoms. The van der Waals surface area contributed by atoms with Crippen LogP contribution < -0.4 is 9.64 Å². The minimum absolute atomic E-state index is 0.0970. The maximum absolute atomic E-state index is 13.7. The maximum Gasteiger partial charge on any atom is 0.260 e. The van der Waals surface area contributed by atoms with E-state index >= 15 is 0 Å². The van der Waals surface area contributed by atoms with Crippen molar-refractivity contribution in [3.05, 3.63) is 102 Å². The fraction of sp³-hybridized carbons (Fsp3) is 0.154. The summed E-state index contributed by atoms with van der Waals surface area (Å²) in [5.74, 6) is 0.703. The lowest BCUT2D eigenvalue weighted by Crippen LogP contribution is -2.30. The van der Waals surface area contributed by atoms with Gasteiger partial charge in [0.05, 0.1) is 29.9 Å². The van der Waals surface area contributed by atoms with Gasteiger partial charge in [0, 0.05) is 5.56 Å².